The molecule has 1 atom stereocenters. The Kier molecular flexibility index (Phi) is 4.01. The van der Waals surface area contributed by atoms with Crippen molar-refractivity contribution in [1.29, 1.82) is 0 Å². The molecule has 0 radical (unpaired) electrons. The summed E-state index contributed by atoms with van der Waals surface area (Å²) in [6.45, 7) is 1.31. The zero-order chi connectivity index (χ0) is 11.4. The molecule has 1 aliphatic heterocycles. The Morgan fingerprint density at radius 2 is 2.12 bits per heavy atom. The summed E-state index contributed by atoms with van der Waals surface area (Å²) in [5.74, 6) is 0.450. The molecule has 2 aliphatic rings. The molecule has 0 spiro atoms. The minimum atomic E-state index is -0.349. The number of hydrogen-bond donors (Lipinski definition) is 2. The second-order valence-electron chi connectivity index (χ2n) is 4.57. The van der Waals surface area contributed by atoms with Crippen LogP contribution in [0, 0.1) is 5.92 Å². The lowest BCUT2D eigenvalue weighted by Gasteiger charge is -2.27. The smallest absolute Gasteiger partial charge is 0.407 e. The Morgan fingerprint density at radius 3 is 2.69 bits per heavy atom. The number of cyclic esters (lactones) is 1. The van der Waals surface area contributed by atoms with Crippen molar-refractivity contribution in [3.05, 3.63) is 0 Å². The number of aliphatic hydroxyl groups is 1. The standard InChI is InChI=1S/C11H19NO4/c13-6-8-1-3-9(4-2-8)15-7-10-5-12-11(14)16-10/h8-10,13H,1-7H2,(H,12,14). The Bertz CT molecular complexity index is 238. The molecule has 1 saturated heterocycles. The van der Waals surface area contributed by atoms with Gasteiger partial charge in [0.15, 0.2) is 0 Å². The van der Waals surface area contributed by atoms with Crippen LogP contribution in [0.4, 0.5) is 4.79 Å². The third-order valence-electron chi connectivity index (χ3n) is 3.32. The van der Waals surface area contributed by atoms with Crippen molar-refractivity contribution in [1.82, 2.24) is 5.32 Å². The molecule has 0 aromatic carbocycles. The number of alkyl carbamates (subject to hydrolysis) is 1. The van der Waals surface area contributed by atoms with Gasteiger partial charge >= 0.3 is 6.09 Å². The SMILES string of the molecule is O=C1NCC(COC2CCC(CO)CC2)O1. The first-order chi connectivity index (χ1) is 7.78. The molecule has 1 saturated carbocycles. The molecule has 5 nitrogen and oxygen atoms in total. The van der Waals surface area contributed by atoms with E-state index >= 15 is 0 Å². The lowest BCUT2D eigenvalue weighted by molar-refractivity contribution is -0.0250. The molecule has 0 bridgehead atoms. The third kappa shape index (κ3) is 3.09. The van der Waals surface area contributed by atoms with Gasteiger partial charge in [0, 0.05) is 6.61 Å². The van der Waals surface area contributed by atoms with Crippen molar-refractivity contribution in [3.8, 4) is 0 Å². The minimum absolute atomic E-state index is 0.136. The van der Waals surface area contributed by atoms with Crippen LogP contribution in [-0.4, -0.2) is 43.2 Å². The molecular weight excluding hydrogens is 210 g/mol. The molecule has 16 heavy (non-hydrogen) atoms. The van der Waals surface area contributed by atoms with Crippen molar-refractivity contribution in [2.24, 2.45) is 5.92 Å². The maximum Gasteiger partial charge on any atom is 0.407 e. The van der Waals surface area contributed by atoms with Gasteiger partial charge in [-0.1, -0.05) is 0 Å². The molecule has 0 aromatic heterocycles. The van der Waals surface area contributed by atoms with Gasteiger partial charge in [-0.15, -0.1) is 0 Å². The van der Waals surface area contributed by atoms with Gasteiger partial charge in [-0.05, 0) is 31.6 Å². The van der Waals surface area contributed by atoms with E-state index in [1.807, 2.05) is 0 Å². The monoisotopic (exact) mass is 229 g/mol. The van der Waals surface area contributed by atoms with E-state index in [-0.39, 0.29) is 24.9 Å². The zero-order valence-electron chi connectivity index (χ0n) is 9.35. The summed E-state index contributed by atoms with van der Waals surface area (Å²) in [5.41, 5.74) is 0. The van der Waals surface area contributed by atoms with Crippen LogP contribution in [0.2, 0.25) is 0 Å². The van der Waals surface area contributed by atoms with Crippen molar-refractivity contribution in [2.45, 2.75) is 37.9 Å². The molecule has 1 amide bonds. The minimum Gasteiger partial charge on any atom is -0.442 e. The predicted molar refractivity (Wildman–Crippen MR) is 57.1 cm³/mol. The number of aliphatic hydroxyl groups excluding tert-OH is 1. The predicted octanol–water partition coefficient (Wildman–Crippen LogP) is 0.662. The Morgan fingerprint density at radius 1 is 1.38 bits per heavy atom. The summed E-state index contributed by atoms with van der Waals surface area (Å²) < 4.78 is 10.7. The first-order valence-electron chi connectivity index (χ1n) is 5.95. The maximum atomic E-state index is 10.8. The van der Waals surface area contributed by atoms with Crippen molar-refractivity contribution in [2.75, 3.05) is 19.8 Å². The van der Waals surface area contributed by atoms with Gasteiger partial charge in [0.2, 0.25) is 0 Å². The van der Waals surface area contributed by atoms with E-state index in [1.165, 1.54) is 0 Å². The second-order valence-corrected chi connectivity index (χ2v) is 4.57. The molecule has 2 N–H and O–H groups in total. The van der Waals surface area contributed by atoms with Crippen molar-refractivity contribution < 1.29 is 19.4 Å². The van der Waals surface area contributed by atoms with Gasteiger partial charge < -0.3 is 19.9 Å². The van der Waals surface area contributed by atoms with E-state index in [0.29, 0.717) is 19.1 Å². The van der Waals surface area contributed by atoms with E-state index in [2.05, 4.69) is 5.32 Å². The lowest BCUT2D eigenvalue weighted by atomic mass is 9.88. The maximum absolute atomic E-state index is 10.8. The van der Waals surface area contributed by atoms with E-state index < -0.39 is 0 Å². The van der Waals surface area contributed by atoms with Crippen LogP contribution < -0.4 is 5.32 Å². The highest BCUT2D eigenvalue weighted by molar-refractivity contribution is 5.69. The summed E-state index contributed by atoms with van der Waals surface area (Å²) in [6.07, 6.45) is 3.84. The Balaban J connectivity index is 1.62. The number of rotatable bonds is 4. The summed E-state index contributed by atoms with van der Waals surface area (Å²) in [4.78, 5) is 10.8. The molecule has 2 rings (SSSR count). The third-order valence-corrected chi connectivity index (χ3v) is 3.32. The van der Waals surface area contributed by atoms with Gasteiger partial charge in [-0.2, -0.15) is 0 Å². The topological polar surface area (TPSA) is 67.8 Å². The number of nitrogens with one attached hydrogen (secondary N) is 1. The van der Waals surface area contributed by atoms with E-state index in [9.17, 15) is 4.79 Å². The van der Waals surface area contributed by atoms with E-state index in [0.717, 1.165) is 25.7 Å². The van der Waals surface area contributed by atoms with Crippen LogP contribution >= 0.6 is 0 Å². The molecule has 1 unspecified atom stereocenters. The Hall–Kier alpha value is -0.810. The highest BCUT2D eigenvalue weighted by Crippen LogP contribution is 2.25. The van der Waals surface area contributed by atoms with Crippen molar-refractivity contribution in [3.63, 3.8) is 0 Å². The van der Waals surface area contributed by atoms with Crippen LogP contribution in [-0.2, 0) is 9.47 Å². The summed E-state index contributed by atoms with van der Waals surface area (Å²) in [6, 6.07) is 0. The van der Waals surface area contributed by atoms with E-state index in [1.54, 1.807) is 0 Å². The Labute approximate surface area is 95.1 Å². The average molecular weight is 229 g/mol. The van der Waals surface area contributed by atoms with Gasteiger partial charge in [0.25, 0.3) is 0 Å². The number of ether oxygens (including phenoxy) is 2. The normalized spacial score (nSPS) is 34.6. The molecule has 1 heterocycles. The molecule has 92 valence electrons. The quantitative estimate of drug-likeness (QED) is 0.743. The first-order valence-corrected chi connectivity index (χ1v) is 5.95. The first kappa shape index (κ1) is 11.7. The molecule has 5 heteroatoms. The fourth-order valence-corrected chi connectivity index (χ4v) is 2.25. The fourth-order valence-electron chi connectivity index (χ4n) is 2.25. The number of hydrogen-bond acceptors (Lipinski definition) is 4. The van der Waals surface area contributed by atoms with Crippen LogP contribution in [0.3, 0.4) is 0 Å². The lowest BCUT2D eigenvalue weighted by Crippen LogP contribution is -2.28. The number of carbonyl (C=O) groups excluding carboxylic acids is 1. The van der Waals surface area contributed by atoms with Crippen molar-refractivity contribution >= 4 is 6.09 Å². The van der Waals surface area contributed by atoms with Crippen LogP contribution in [0.15, 0.2) is 0 Å². The average Bonchev–Trinajstić information content (AvgIpc) is 2.73. The molecular formula is C11H19NO4. The zero-order valence-corrected chi connectivity index (χ0v) is 9.35. The summed E-state index contributed by atoms with van der Waals surface area (Å²) in [5, 5.41) is 11.6. The number of carbonyl (C=O) groups is 1. The van der Waals surface area contributed by atoms with Gasteiger partial charge in [0.05, 0.1) is 19.3 Å². The highest BCUT2D eigenvalue weighted by Gasteiger charge is 2.26. The van der Waals surface area contributed by atoms with Crippen LogP contribution in [0.25, 0.3) is 0 Å². The second kappa shape index (κ2) is 5.50. The molecule has 0 aromatic rings. The largest absolute Gasteiger partial charge is 0.442 e. The van der Waals surface area contributed by atoms with E-state index in [4.69, 9.17) is 14.6 Å². The summed E-state index contributed by atoms with van der Waals surface area (Å²) >= 11 is 0. The molecule has 1 aliphatic carbocycles. The van der Waals surface area contributed by atoms with Gasteiger partial charge in [-0.25, -0.2) is 4.79 Å². The van der Waals surface area contributed by atoms with Crippen LogP contribution in [0.5, 0.6) is 0 Å². The molecule has 2 fully saturated rings. The van der Waals surface area contributed by atoms with Crippen LogP contribution in [0.1, 0.15) is 25.7 Å². The summed E-state index contributed by atoms with van der Waals surface area (Å²) in [7, 11) is 0. The van der Waals surface area contributed by atoms with Gasteiger partial charge in [0.1, 0.15) is 6.10 Å². The highest BCUT2D eigenvalue weighted by atomic mass is 16.6. The van der Waals surface area contributed by atoms with Gasteiger partial charge in [-0.3, -0.25) is 0 Å². The number of amides is 1. The fraction of sp³-hybridized carbons (Fsp3) is 0.909.